The fraction of sp³-hybridized carbons (Fsp3) is 0.500. The highest BCUT2D eigenvalue weighted by atomic mass is 16.5. The van der Waals surface area contributed by atoms with Gasteiger partial charge in [-0.1, -0.05) is 31.5 Å². The minimum Gasteiger partial charge on any atom is -0.481 e. The number of hydrogen-bond donors (Lipinski definition) is 2. The molecular weight excluding hydrogens is 270 g/mol. The third-order valence-corrected chi connectivity index (χ3v) is 3.68. The summed E-state index contributed by atoms with van der Waals surface area (Å²) in [4.78, 5) is 23.5. The number of benzene rings is 1. The van der Waals surface area contributed by atoms with Crippen molar-refractivity contribution in [2.45, 2.75) is 52.2 Å². The minimum atomic E-state index is -1.23. The summed E-state index contributed by atoms with van der Waals surface area (Å²) in [7, 11) is 0. The topological polar surface area (TPSA) is 75.6 Å². The monoisotopic (exact) mass is 293 g/mol. The Morgan fingerprint density at radius 3 is 2.19 bits per heavy atom. The van der Waals surface area contributed by atoms with Gasteiger partial charge in [-0.15, -0.1) is 0 Å². The Balaban J connectivity index is 2.73. The van der Waals surface area contributed by atoms with Crippen LogP contribution in [0.15, 0.2) is 24.3 Å². The largest absolute Gasteiger partial charge is 0.481 e. The van der Waals surface area contributed by atoms with Crippen LogP contribution in [0.1, 0.15) is 39.2 Å². The first-order valence-electron chi connectivity index (χ1n) is 7.13. The molecule has 0 aliphatic carbocycles. The van der Waals surface area contributed by atoms with Crippen LogP contribution >= 0.6 is 0 Å². The van der Waals surface area contributed by atoms with Crippen molar-refractivity contribution in [2.75, 3.05) is 0 Å². The smallest absolute Gasteiger partial charge is 0.329 e. The van der Waals surface area contributed by atoms with E-state index in [1.165, 1.54) is 0 Å². The molecular formula is C16H23NO4. The standard InChI is InChI=1S/C16H23NO4/c1-5-16(6-2,15(19)20)17-14(18)12(4)21-13-9-7-11(3)8-10-13/h7-10,12H,5-6H2,1-4H3,(H,17,18)(H,19,20). The van der Waals surface area contributed by atoms with E-state index in [1.807, 2.05) is 19.1 Å². The lowest BCUT2D eigenvalue weighted by atomic mass is 9.92. The van der Waals surface area contributed by atoms with E-state index in [4.69, 9.17) is 4.74 Å². The number of hydrogen-bond acceptors (Lipinski definition) is 3. The minimum absolute atomic E-state index is 0.321. The maximum Gasteiger partial charge on any atom is 0.329 e. The number of aryl methyl sites for hydroxylation is 1. The van der Waals surface area contributed by atoms with E-state index in [9.17, 15) is 14.7 Å². The number of amides is 1. The van der Waals surface area contributed by atoms with E-state index in [0.717, 1.165) is 5.56 Å². The first kappa shape index (κ1) is 17.0. The van der Waals surface area contributed by atoms with Crippen molar-refractivity contribution in [1.82, 2.24) is 5.32 Å². The summed E-state index contributed by atoms with van der Waals surface area (Å²) in [6.07, 6.45) is -0.117. The van der Waals surface area contributed by atoms with Gasteiger partial charge in [0.15, 0.2) is 6.10 Å². The van der Waals surface area contributed by atoms with Gasteiger partial charge in [0.1, 0.15) is 11.3 Å². The molecule has 0 saturated heterocycles. The Hall–Kier alpha value is -2.04. The van der Waals surface area contributed by atoms with Crippen molar-refractivity contribution in [1.29, 1.82) is 0 Å². The van der Waals surface area contributed by atoms with Gasteiger partial charge in [-0.2, -0.15) is 0 Å². The van der Waals surface area contributed by atoms with Gasteiger partial charge >= 0.3 is 5.97 Å². The molecule has 0 aliphatic heterocycles. The summed E-state index contributed by atoms with van der Waals surface area (Å²) < 4.78 is 5.54. The van der Waals surface area contributed by atoms with Crippen LogP contribution in [0.5, 0.6) is 5.75 Å². The highest BCUT2D eigenvalue weighted by Crippen LogP contribution is 2.17. The van der Waals surface area contributed by atoms with E-state index in [0.29, 0.717) is 18.6 Å². The van der Waals surface area contributed by atoms with Gasteiger partial charge in [0.25, 0.3) is 5.91 Å². The zero-order chi connectivity index (χ0) is 16.0. The maximum atomic E-state index is 12.2. The number of carbonyl (C=O) groups excluding carboxylic acids is 1. The molecule has 2 N–H and O–H groups in total. The van der Waals surface area contributed by atoms with Gasteiger partial charge in [0.2, 0.25) is 0 Å². The highest BCUT2D eigenvalue weighted by molar-refractivity contribution is 5.89. The molecule has 1 unspecified atom stereocenters. The van der Waals surface area contributed by atoms with Gasteiger partial charge < -0.3 is 15.2 Å². The molecule has 1 aromatic rings. The second-order valence-electron chi connectivity index (χ2n) is 5.16. The summed E-state index contributed by atoms with van der Waals surface area (Å²) in [5.74, 6) is -0.873. The van der Waals surface area contributed by atoms with Crippen LogP contribution in [-0.4, -0.2) is 28.6 Å². The molecule has 0 saturated carbocycles. The lowest BCUT2D eigenvalue weighted by Crippen LogP contribution is -2.56. The first-order valence-corrected chi connectivity index (χ1v) is 7.13. The van der Waals surface area contributed by atoms with Crippen LogP contribution in [0.25, 0.3) is 0 Å². The van der Waals surface area contributed by atoms with Gasteiger partial charge in [-0.05, 0) is 38.8 Å². The molecule has 21 heavy (non-hydrogen) atoms. The molecule has 0 bridgehead atoms. The summed E-state index contributed by atoms with van der Waals surface area (Å²) in [5, 5.41) is 11.9. The van der Waals surface area contributed by atoms with Gasteiger partial charge in [-0.3, -0.25) is 4.79 Å². The first-order chi connectivity index (χ1) is 9.84. The van der Waals surface area contributed by atoms with Gasteiger partial charge in [0.05, 0.1) is 0 Å². The number of carboxylic acids is 1. The summed E-state index contributed by atoms with van der Waals surface area (Å²) >= 11 is 0. The predicted molar refractivity (Wildman–Crippen MR) is 80.4 cm³/mol. The molecule has 116 valence electrons. The van der Waals surface area contributed by atoms with Crippen molar-refractivity contribution in [2.24, 2.45) is 0 Å². The zero-order valence-electron chi connectivity index (χ0n) is 13.0. The predicted octanol–water partition coefficient (Wildman–Crippen LogP) is 2.52. The van der Waals surface area contributed by atoms with Crippen LogP contribution in [0.3, 0.4) is 0 Å². The zero-order valence-corrected chi connectivity index (χ0v) is 13.0. The average molecular weight is 293 g/mol. The summed E-state index contributed by atoms with van der Waals surface area (Å²) in [5.41, 5.74) is -0.136. The summed E-state index contributed by atoms with van der Waals surface area (Å²) in [6.45, 7) is 7.05. The number of ether oxygens (including phenoxy) is 1. The molecule has 0 aromatic heterocycles. The molecule has 1 aromatic carbocycles. The number of nitrogens with one attached hydrogen (secondary N) is 1. The Morgan fingerprint density at radius 1 is 1.24 bits per heavy atom. The van der Waals surface area contributed by atoms with E-state index < -0.39 is 23.5 Å². The third kappa shape index (κ3) is 4.21. The Labute approximate surface area is 125 Å². The second kappa shape index (κ2) is 7.11. The lowest BCUT2D eigenvalue weighted by molar-refractivity contribution is -0.149. The molecule has 0 fully saturated rings. The van der Waals surface area contributed by atoms with Crippen LogP contribution in [-0.2, 0) is 9.59 Å². The molecule has 0 heterocycles. The van der Waals surface area contributed by atoms with Crippen molar-refractivity contribution < 1.29 is 19.4 Å². The number of carbonyl (C=O) groups is 2. The van der Waals surface area contributed by atoms with Crippen LogP contribution in [0.2, 0.25) is 0 Å². The molecule has 5 nitrogen and oxygen atoms in total. The van der Waals surface area contributed by atoms with Crippen molar-refractivity contribution in [3.63, 3.8) is 0 Å². The lowest BCUT2D eigenvalue weighted by Gasteiger charge is -2.29. The fourth-order valence-corrected chi connectivity index (χ4v) is 1.99. The Kier molecular flexibility index (Phi) is 5.76. The van der Waals surface area contributed by atoms with Crippen LogP contribution in [0, 0.1) is 6.92 Å². The summed E-state index contributed by atoms with van der Waals surface area (Å²) in [6, 6.07) is 7.34. The molecule has 0 spiro atoms. The van der Waals surface area contributed by atoms with Crippen LogP contribution < -0.4 is 10.1 Å². The van der Waals surface area contributed by atoms with Crippen molar-refractivity contribution in [3.05, 3.63) is 29.8 Å². The maximum absolute atomic E-state index is 12.2. The molecule has 0 radical (unpaired) electrons. The average Bonchev–Trinajstić information content (AvgIpc) is 2.46. The Bertz CT molecular complexity index is 492. The quantitative estimate of drug-likeness (QED) is 0.810. The number of rotatable bonds is 7. The molecule has 5 heteroatoms. The van der Waals surface area contributed by atoms with E-state index in [-0.39, 0.29) is 0 Å². The van der Waals surface area contributed by atoms with Crippen molar-refractivity contribution >= 4 is 11.9 Å². The molecule has 1 atom stereocenters. The molecule has 1 rings (SSSR count). The normalized spacial score (nSPS) is 12.6. The highest BCUT2D eigenvalue weighted by Gasteiger charge is 2.37. The molecule has 0 aliphatic rings. The number of aliphatic carboxylic acids is 1. The SMILES string of the molecule is CCC(CC)(NC(=O)C(C)Oc1ccc(C)cc1)C(=O)O. The number of carboxylic acid groups (broad SMARTS) is 1. The van der Waals surface area contributed by atoms with E-state index in [1.54, 1.807) is 32.9 Å². The third-order valence-electron chi connectivity index (χ3n) is 3.68. The van der Waals surface area contributed by atoms with Gasteiger partial charge in [-0.25, -0.2) is 4.79 Å². The Morgan fingerprint density at radius 2 is 1.76 bits per heavy atom. The van der Waals surface area contributed by atoms with E-state index >= 15 is 0 Å². The van der Waals surface area contributed by atoms with Gasteiger partial charge in [0, 0.05) is 0 Å². The van der Waals surface area contributed by atoms with Crippen molar-refractivity contribution in [3.8, 4) is 5.75 Å². The fourth-order valence-electron chi connectivity index (χ4n) is 1.99. The van der Waals surface area contributed by atoms with Crippen LogP contribution in [0.4, 0.5) is 0 Å². The second-order valence-corrected chi connectivity index (χ2v) is 5.16. The van der Waals surface area contributed by atoms with E-state index in [2.05, 4.69) is 5.32 Å². The molecule has 1 amide bonds.